The second kappa shape index (κ2) is 8.09. The van der Waals surface area contributed by atoms with Gasteiger partial charge in [0.1, 0.15) is 11.3 Å². The van der Waals surface area contributed by atoms with Gasteiger partial charge >= 0.3 is 6.03 Å². The van der Waals surface area contributed by atoms with Gasteiger partial charge in [0, 0.05) is 32.0 Å². The van der Waals surface area contributed by atoms with Gasteiger partial charge < -0.3 is 15.5 Å². The number of fused-ring (bicyclic) bond motifs is 1. The quantitative estimate of drug-likeness (QED) is 0.587. The first-order valence-electron chi connectivity index (χ1n) is 8.43. The van der Waals surface area contributed by atoms with E-state index in [1.54, 1.807) is 18.3 Å². The van der Waals surface area contributed by atoms with Gasteiger partial charge in [0.25, 0.3) is 0 Å². The molecule has 0 aliphatic heterocycles. The average Bonchev–Trinajstić information content (AvgIpc) is 2.67. The van der Waals surface area contributed by atoms with Crippen LogP contribution in [0.1, 0.15) is 6.92 Å². The van der Waals surface area contributed by atoms with Gasteiger partial charge in [-0.2, -0.15) is 0 Å². The number of nitrogens with one attached hydrogen (secondary N) is 2. The molecule has 8 nitrogen and oxygen atoms in total. The highest BCUT2D eigenvalue weighted by molar-refractivity contribution is 7.82. The van der Waals surface area contributed by atoms with Crippen LogP contribution in [0.15, 0.2) is 42.6 Å². The number of benzene rings is 1. The third kappa shape index (κ3) is 4.37. The molecule has 9 heteroatoms. The highest BCUT2D eigenvalue weighted by Crippen LogP contribution is 2.21. The van der Waals surface area contributed by atoms with Crippen molar-refractivity contribution in [1.82, 2.24) is 20.3 Å². The van der Waals surface area contributed by atoms with Gasteiger partial charge in [0.15, 0.2) is 11.5 Å². The summed E-state index contributed by atoms with van der Waals surface area (Å²) < 4.78 is 1.14. The van der Waals surface area contributed by atoms with Gasteiger partial charge in [0.05, 0.1) is 6.20 Å². The van der Waals surface area contributed by atoms with Crippen LogP contribution in [0.25, 0.3) is 11.2 Å². The lowest BCUT2D eigenvalue weighted by Gasteiger charge is -2.15. The minimum Gasteiger partial charge on any atom is -0.378 e. The Morgan fingerprint density at radius 1 is 1.11 bits per heavy atom. The summed E-state index contributed by atoms with van der Waals surface area (Å²) in [6, 6.07) is 11.0. The van der Waals surface area contributed by atoms with Crippen molar-refractivity contribution in [3.05, 3.63) is 42.6 Å². The number of nitrogens with zero attached hydrogens (tertiary/aromatic N) is 5. The first-order valence-corrected chi connectivity index (χ1v) is 8.83. The Balaban J connectivity index is 1.84. The smallest absolute Gasteiger partial charge is 0.333 e. The molecule has 0 radical (unpaired) electrons. The van der Waals surface area contributed by atoms with E-state index < -0.39 is 0 Å². The molecule has 2 aromatic heterocycles. The van der Waals surface area contributed by atoms with Gasteiger partial charge in [-0.15, -0.1) is 0 Å². The molecule has 0 fully saturated rings. The molecule has 0 saturated heterocycles. The van der Waals surface area contributed by atoms with E-state index in [0.717, 1.165) is 15.7 Å². The molecule has 1 aromatic carbocycles. The van der Waals surface area contributed by atoms with Crippen LogP contribution in [0.3, 0.4) is 0 Å². The summed E-state index contributed by atoms with van der Waals surface area (Å²) in [5, 5.41) is 5.88. The van der Waals surface area contributed by atoms with Gasteiger partial charge in [-0.05, 0) is 43.3 Å². The van der Waals surface area contributed by atoms with Crippen molar-refractivity contribution in [3.8, 4) is 0 Å². The number of anilines is 4. The molecule has 140 valence electrons. The number of hydrogen-bond acceptors (Lipinski definition) is 7. The monoisotopic (exact) mass is 383 g/mol. The predicted molar refractivity (Wildman–Crippen MR) is 112 cm³/mol. The fourth-order valence-corrected chi connectivity index (χ4v) is 2.57. The lowest BCUT2D eigenvalue weighted by molar-refractivity contribution is 0.250. The third-order valence-electron chi connectivity index (χ3n) is 3.79. The second-order valence-corrected chi connectivity index (χ2v) is 6.38. The van der Waals surface area contributed by atoms with E-state index in [1.165, 1.54) is 0 Å². The van der Waals surface area contributed by atoms with Crippen LogP contribution < -0.4 is 19.8 Å². The summed E-state index contributed by atoms with van der Waals surface area (Å²) in [7, 11) is 3.98. The predicted octanol–water partition coefficient (Wildman–Crippen LogP) is 3.22. The largest absolute Gasteiger partial charge is 0.378 e. The van der Waals surface area contributed by atoms with Crippen LogP contribution in [0.5, 0.6) is 0 Å². The SMILES string of the molecule is CCNC(=O)N(S)c1ccc2ncc(Nc3ccc(N(C)C)cc3)nc2n1. The number of urea groups is 1. The van der Waals surface area contributed by atoms with E-state index in [4.69, 9.17) is 0 Å². The lowest BCUT2D eigenvalue weighted by Crippen LogP contribution is -2.34. The van der Waals surface area contributed by atoms with Crippen molar-refractivity contribution in [3.63, 3.8) is 0 Å². The standard InChI is InChI=1S/C18H21N7OS/c1-4-19-18(26)25(27)16-10-9-14-17(23-16)22-15(11-20-14)21-12-5-7-13(8-6-12)24(2)3/h5-11,27H,4H2,1-3H3,(H,19,26)(H,21,22,23). The van der Waals surface area contributed by atoms with Crippen LogP contribution in [0.4, 0.5) is 27.8 Å². The lowest BCUT2D eigenvalue weighted by atomic mass is 10.2. The molecule has 0 saturated carbocycles. The van der Waals surface area contributed by atoms with E-state index in [2.05, 4.69) is 38.4 Å². The fourth-order valence-electron chi connectivity index (χ4n) is 2.39. The van der Waals surface area contributed by atoms with E-state index in [-0.39, 0.29) is 6.03 Å². The van der Waals surface area contributed by atoms with Crippen LogP contribution in [0, 0.1) is 0 Å². The van der Waals surface area contributed by atoms with Crippen molar-refractivity contribution in [2.24, 2.45) is 0 Å². The first kappa shape index (κ1) is 18.7. The zero-order valence-electron chi connectivity index (χ0n) is 15.3. The highest BCUT2D eigenvalue weighted by atomic mass is 32.1. The summed E-state index contributed by atoms with van der Waals surface area (Å²) in [4.78, 5) is 27.2. The molecule has 0 aliphatic carbocycles. The Hall–Kier alpha value is -3.07. The van der Waals surface area contributed by atoms with Crippen LogP contribution in [-0.2, 0) is 0 Å². The van der Waals surface area contributed by atoms with Gasteiger partial charge in [-0.25, -0.2) is 24.1 Å². The van der Waals surface area contributed by atoms with Crippen molar-refractivity contribution in [2.75, 3.05) is 35.2 Å². The van der Waals surface area contributed by atoms with Crippen molar-refractivity contribution in [1.29, 1.82) is 0 Å². The number of pyridine rings is 1. The Morgan fingerprint density at radius 3 is 2.52 bits per heavy atom. The molecule has 2 N–H and O–H groups in total. The number of carbonyl (C=O) groups is 1. The van der Waals surface area contributed by atoms with Crippen LogP contribution in [-0.4, -0.2) is 41.6 Å². The minimum absolute atomic E-state index is 0.351. The van der Waals surface area contributed by atoms with Crippen molar-refractivity contribution >= 4 is 53.0 Å². The van der Waals surface area contributed by atoms with E-state index in [9.17, 15) is 4.79 Å². The molecule has 0 spiro atoms. The molecule has 2 amide bonds. The maximum atomic E-state index is 11.9. The van der Waals surface area contributed by atoms with E-state index in [0.29, 0.717) is 29.3 Å². The maximum absolute atomic E-state index is 11.9. The number of aromatic nitrogens is 3. The summed E-state index contributed by atoms with van der Waals surface area (Å²) in [5.41, 5.74) is 3.05. The maximum Gasteiger partial charge on any atom is 0.333 e. The molecule has 0 unspecified atom stereocenters. The molecular weight excluding hydrogens is 362 g/mol. The molecule has 0 bridgehead atoms. The van der Waals surface area contributed by atoms with Crippen molar-refractivity contribution < 1.29 is 4.79 Å². The summed E-state index contributed by atoms with van der Waals surface area (Å²) in [5.74, 6) is 0.937. The van der Waals surface area contributed by atoms with E-state index in [1.807, 2.05) is 50.2 Å². The van der Waals surface area contributed by atoms with Crippen molar-refractivity contribution in [2.45, 2.75) is 6.92 Å². The van der Waals surface area contributed by atoms with Gasteiger partial charge in [-0.3, -0.25) is 0 Å². The minimum atomic E-state index is -0.351. The molecule has 2 heterocycles. The summed E-state index contributed by atoms with van der Waals surface area (Å²) in [6.45, 7) is 2.34. The van der Waals surface area contributed by atoms with E-state index >= 15 is 0 Å². The van der Waals surface area contributed by atoms with Crippen LogP contribution >= 0.6 is 12.8 Å². The Bertz CT molecular complexity index is 946. The molecule has 0 atom stereocenters. The summed E-state index contributed by atoms with van der Waals surface area (Å²) >= 11 is 4.20. The molecule has 0 aliphatic rings. The highest BCUT2D eigenvalue weighted by Gasteiger charge is 2.13. The molecule has 3 aromatic rings. The molecule has 3 rings (SSSR count). The van der Waals surface area contributed by atoms with Crippen LogP contribution in [0.2, 0.25) is 0 Å². The second-order valence-electron chi connectivity index (χ2n) is 5.98. The zero-order valence-corrected chi connectivity index (χ0v) is 16.2. The fraction of sp³-hybridized carbons (Fsp3) is 0.222. The number of rotatable bonds is 5. The van der Waals surface area contributed by atoms with Gasteiger partial charge in [0.2, 0.25) is 0 Å². The van der Waals surface area contributed by atoms with Gasteiger partial charge in [-0.1, -0.05) is 12.8 Å². The number of hydrogen-bond donors (Lipinski definition) is 3. The Labute approximate surface area is 163 Å². The Morgan fingerprint density at radius 2 is 1.85 bits per heavy atom. The molecule has 27 heavy (non-hydrogen) atoms. The molecular formula is C18H21N7OS. The first-order chi connectivity index (χ1) is 13.0. The third-order valence-corrected chi connectivity index (χ3v) is 4.17. The number of amides is 2. The normalized spacial score (nSPS) is 10.5. The Kier molecular flexibility index (Phi) is 5.60. The topological polar surface area (TPSA) is 86.3 Å². The average molecular weight is 383 g/mol. The zero-order chi connectivity index (χ0) is 19.4. The summed E-state index contributed by atoms with van der Waals surface area (Å²) in [6.07, 6.45) is 1.64. The number of thiol groups is 1. The number of carbonyl (C=O) groups excluding carboxylic acids is 1.